The number of carbonyl (C=O) groups excluding carboxylic acids is 1. The molecule has 0 aromatic carbocycles. The summed E-state index contributed by atoms with van der Waals surface area (Å²) in [6.07, 6.45) is 3.42. The average Bonchev–Trinajstić information content (AvgIpc) is 2.40. The first-order valence-corrected chi connectivity index (χ1v) is 7.46. The van der Waals surface area contributed by atoms with Crippen LogP contribution in [0.1, 0.15) is 33.3 Å². The van der Waals surface area contributed by atoms with Crippen molar-refractivity contribution in [2.24, 2.45) is 0 Å². The molecular formula is C16H25N3O2. The van der Waals surface area contributed by atoms with Gasteiger partial charge in [0, 0.05) is 44.6 Å². The van der Waals surface area contributed by atoms with Gasteiger partial charge in [-0.25, -0.2) is 4.79 Å². The van der Waals surface area contributed by atoms with Crippen LogP contribution in [-0.2, 0) is 11.3 Å². The van der Waals surface area contributed by atoms with Gasteiger partial charge in [0.25, 0.3) is 0 Å². The Kier molecular flexibility index (Phi) is 4.83. The number of piperazine rings is 1. The number of ether oxygens (including phenoxy) is 1. The summed E-state index contributed by atoms with van der Waals surface area (Å²) >= 11 is 0. The standard InChI is InChI=1S/C16H25N3O2/c1-13-11-19(15(20)21-16(2,3)4)10-9-18(13)12-14-5-7-17-8-6-14/h5-8,13H,9-12H2,1-4H3/t13-/m1/s1. The fourth-order valence-corrected chi connectivity index (χ4v) is 2.45. The van der Waals surface area contributed by atoms with Gasteiger partial charge in [-0.3, -0.25) is 9.88 Å². The molecule has 1 aromatic rings. The van der Waals surface area contributed by atoms with E-state index in [1.165, 1.54) is 5.56 Å². The lowest BCUT2D eigenvalue weighted by Gasteiger charge is -2.40. The van der Waals surface area contributed by atoms with Crippen LogP contribution in [0.15, 0.2) is 24.5 Å². The number of hydrogen-bond donors (Lipinski definition) is 0. The van der Waals surface area contributed by atoms with Crippen molar-refractivity contribution in [2.75, 3.05) is 19.6 Å². The zero-order chi connectivity index (χ0) is 15.5. The van der Waals surface area contributed by atoms with Crippen molar-refractivity contribution in [3.8, 4) is 0 Å². The Morgan fingerprint density at radius 3 is 2.57 bits per heavy atom. The molecule has 1 fully saturated rings. The molecule has 1 atom stereocenters. The SMILES string of the molecule is C[C@@H]1CN(C(=O)OC(C)(C)C)CCN1Cc1ccncc1. The van der Waals surface area contributed by atoms with Crippen molar-refractivity contribution >= 4 is 6.09 Å². The van der Waals surface area contributed by atoms with E-state index in [4.69, 9.17) is 4.74 Å². The van der Waals surface area contributed by atoms with E-state index in [9.17, 15) is 4.79 Å². The van der Waals surface area contributed by atoms with Gasteiger partial charge in [-0.15, -0.1) is 0 Å². The summed E-state index contributed by atoms with van der Waals surface area (Å²) in [5, 5.41) is 0. The van der Waals surface area contributed by atoms with Crippen molar-refractivity contribution in [3.63, 3.8) is 0 Å². The van der Waals surface area contributed by atoms with Gasteiger partial charge in [-0.1, -0.05) is 0 Å². The number of nitrogens with zero attached hydrogens (tertiary/aromatic N) is 3. The molecule has 1 amide bonds. The maximum atomic E-state index is 12.1. The summed E-state index contributed by atoms with van der Waals surface area (Å²) in [5.74, 6) is 0. The van der Waals surface area contributed by atoms with Crippen LogP contribution in [0.2, 0.25) is 0 Å². The molecule has 5 heteroatoms. The first-order chi connectivity index (χ1) is 9.85. The monoisotopic (exact) mass is 291 g/mol. The Morgan fingerprint density at radius 2 is 2.00 bits per heavy atom. The van der Waals surface area contributed by atoms with Crippen molar-refractivity contribution in [1.82, 2.24) is 14.8 Å². The van der Waals surface area contributed by atoms with E-state index in [2.05, 4.69) is 16.8 Å². The molecule has 0 unspecified atom stereocenters. The van der Waals surface area contributed by atoms with E-state index in [1.54, 1.807) is 4.90 Å². The largest absolute Gasteiger partial charge is 0.444 e. The lowest BCUT2D eigenvalue weighted by atomic mass is 10.1. The molecule has 21 heavy (non-hydrogen) atoms. The Bertz CT molecular complexity index is 470. The molecule has 5 nitrogen and oxygen atoms in total. The second-order valence-corrected chi connectivity index (χ2v) is 6.60. The van der Waals surface area contributed by atoms with E-state index in [0.717, 1.165) is 13.1 Å². The predicted molar refractivity (Wildman–Crippen MR) is 81.9 cm³/mol. The van der Waals surface area contributed by atoms with E-state index >= 15 is 0 Å². The number of pyridine rings is 1. The van der Waals surface area contributed by atoms with Gasteiger partial charge in [-0.05, 0) is 45.4 Å². The van der Waals surface area contributed by atoms with Crippen LogP contribution in [0.25, 0.3) is 0 Å². The highest BCUT2D eigenvalue weighted by molar-refractivity contribution is 5.68. The number of aromatic nitrogens is 1. The minimum absolute atomic E-state index is 0.210. The van der Waals surface area contributed by atoms with Crippen molar-refractivity contribution in [1.29, 1.82) is 0 Å². The van der Waals surface area contributed by atoms with Gasteiger partial charge in [0.2, 0.25) is 0 Å². The molecule has 0 N–H and O–H groups in total. The van der Waals surface area contributed by atoms with Crippen molar-refractivity contribution in [2.45, 2.75) is 45.9 Å². The topological polar surface area (TPSA) is 45.7 Å². The number of carbonyl (C=O) groups is 1. The number of amides is 1. The highest BCUT2D eigenvalue weighted by atomic mass is 16.6. The summed E-state index contributed by atoms with van der Waals surface area (Å²) in [6, 6.07) is 4.39. The number of hydrogen-bond acceptors (Lipinski definition) is 4. The van der Waals surface area contributed by atoms with Gasteiger partial charge >= 0.3 is 6.09 Å². The second kappa shape index (κ2) is 6.43. The van der Waals surface area contributed by atoms with E-state index in [0.29, 0.717) is 19.1 Å². The first kappa shape index (κ1) is 15.8. The van der Waals surface area contributed by atoms with E-state index in [1.807, 2.05) is 45.3 Å². The number of rotatable bonds is 2. The minimum Gasteiger partial charge on any atom is -0.444 e. The quantitative estimate of drug-likeness (QED) is 0.840. The highest BCUT2D eigenvalue weighted by Crippen LogP contribution is 2.16. The first-order valence-electron chi connectivity index (χ1n) is 7.46. The van der Waals surface area contributed by atoms with Gasteiger partial charge in [-0.2, -0.15) is 0 Å². The minimum atomic E-state index is -0.436. The Labute approximate surface area is 126 Å². The van der Waals surface area contributed by atoms with Crippen LogP contribution in [0.3, 0.4) is 0 Å². The summed E-state index contributed by atoms with van der Waals surface area (Å²) in [4.78, 5) is 20.3. The molecule has 1 aliphatic rings. The zero-order valence-electron chi connectivity index (χ0n) is 13.4. The Morgan fingerprint density at radius 1 is 1.33 bits per heavy atom. The Hall–Kier alpha value is -1.62. The molecule has 0 spiro atoms. The summed E-state index contributed by atoms with van der Waals surface area (Å²) in [6.45, 7) is 11.0. The molecule has 0 saturated carbocycles. The molecule has 116 valence electrons. The van der Waals surface area contributed by atoms with Crippen LogP contribution in [-0.4, -0.2) is 52.2 Å². The fraction of sp³-hybridized carbons (Fsp3) is 0.625. The smallest absolute Gasteiger partial charge is 0.410 e. The Balaban J connectivity index is 1.89. The lowest BCUT2D eigenvalue weighted by molar-refractivity contribution is 0.00461. The molecule has 2 heterocycles. The molecule has 1 aliphatic heterocycles. The van der Waals surface area contributed by atoms with Crippen molar-refractivity contribution < 1.29 is 9.53 Å². The highest BCUT2D eigenvalue weighted by Gasteiger charge is 2.29. The molecule has 1 saturated heterocycles. The molecule has 2 rings (SSSR count). The summed E-state index contributed by atoms with van der Waals surface area (Å²) in [7, 11) is 0. The third-order valence-electron chi connectivity index (χ3n) is 3.55. The third-order valence-corrected chi connectivity index (χ3v) is 3.55. The second-order valence-electron chi connectivity index (χ2n) is 6.60. The average molecular weight is 291 g/mol. The molecule has 1 aromatic heterocycles. The molecular weight excluding hydrogens is 266 g/mol. The van der Waals surface area contributed by atoms with Crippen molar-refractivity contribution in [3.05, 3.63) is 30.1 Å². The summed E-state index contributed by atoms with van der Waals surface area (Å²) < 4.78 is 5.44. The van der Waals surface area contributed by atoms with Crippen LogP contribution < -0.4 is 0 Å². The van der Waals surface area contributed by atoms with Gasteiger partial charge in [0.1, 0.15) is 5.60 Å². The van der Waals surface area contributed by atoms with E-state index < -0.39 is 5.60 Å². The van der Waals surface area contributed by atoms with Crippen LogP contribution >= 0.6 is 0 Å². The fourth-order valence-electron chi connectivity index (χ4n) is 2.45. The maximum Gasteiger partial charge on any atom is 0.410 e. The lowest BCUT2D eigenvalue weighted by Crippen LogP contribution is -2.54. The van der Waals surface area contributed by atoms with Crippen LogP contribution in [0, 0.1) is 0 Å². The maximum absolute atomic E-state index is 12.1. The normalized spacial score (nSPS) is 20.4. The van der Waals surface area contributed by atoms with Crippen LogP contribution in [0.4, 0.5) is 4.79 Å². The van der Waals surface area contributed by atoms with Gasteiger partial charge in [0.05, 0.1) is 0 Å². The third kappa shape index (κ3) is 4.70. The predicted octanol–water partition coefficient (Wildman–Crippen LogP) is 2.52. The zero-order valence-corrected chi connectivity index (χ0v) is 13.4. The van der Waals surface area contributed by atoms with Gasteiger partial charge in [0.15, 0.2) is 0 Å². The molecule has 0 radical (unpaired) electrons. The molecule has 0 aliphatic carbocycles. The van der Waals surface area contributed by atoms with Crippen LogP contribution in [0.5, 0.6) is 0 Å². The van der Waals surface area contributed by atoms with E-state index in [-0.39, 0.29) is 6.09 Å². The van der Waals surface area contributed by atoms with Gasteiger partial charge < -0.3 is 9.64 Å². The summed E-state index contributed by atoms with van der Waals surface area (Å²) in [5.41, 5.74) is 0.816. The molecule has 0 bridgehead atoms.